The van der Waals surface area contributed by atoms with Crippen LogP contribution in [0.2, 0.25) is 0 Å². The number of ketones is 1. The summed E-state index contributed by atoms with van der Waals surface area (Å²) in [7, 11) is 1.56. The summed E-state index contributed by atoms with van der Waals surface area (Å²) in [5.41, 5.74) is 0.934. The van der Waals surface area contributed by atoms with Gasteiger partial charge in [-0.3, -0.25) is 9.59 Å². The molecule has 0 aromatic heterocycles. The molecule has 3 nitrogen and oxygen atoms in total. The third-order valence-electron chi connectivity index (χ3n) is 12.4. The van der Waals surface area contributed by atoms with Gasteiger partial charge in [-0.15, -0.1) is 0 Å². The van der Waals surface area contributed by atoms with E-state index < -0.39 is 5.41 Å². The molecule has 194 valence electrons. The Hall–Kier alpha value is -0.183. The summed E-state index contributed by atoms with van der Waals surface area (Å²) in [5.74, 6) is 2.10. The molecule has 0 spiro atoms. The number of allylic oxidation sites excluding steroid dienone is 4. The van der Waals surface area contributed by atoms with E-state index in [0.29, 0.717) is 5.92 Å². The van der Waals surface area contributed by atoms with Crippen molar-refractivity contribution in [3.05, 3.63) is 29.7 Å². The van der Waals surface area contributed by atoms with E-state index in [4.69, 9.17) is 4.74 Å². The molecule has 6 atom stereocenters. The average Bonchev–Trinajstić information content (AvgIpc) is 2.79. The third-order valence-corrected chi connectivity index (χ3v) is 15.4. The zero-order valence-electron chi connectivity index (χ0n) is 24.1. The Morgan fingerprint density at radius 1 is 1.00 bits per heavy atom. The van der Waals surface area contributed by atoms with Crippen LogP contribution in [0.5, 0.6) is 0 Å². The molecule has 1 unspecified atom stereocenters. The molecule has 5 aliphatic rings. The van der Waals surface area contributed by atoms with Crippen LogP contribution in [0.3, 0.4) is 0 Å². The number of ether oxygens (including phenoxy) is 1. The molecule has 36 heavy (non-hydrogen) atoms. The largest absolute Gasteiger partial charge is 1.00 e. The molecule has 0 aliphatic heterocycles. The molecule has 0 aromatic rings. The maximum atomic E-state index is 13.3. The van der Waals surface area contributed by atoms with E-state index in [1.165, 1.54) is 11.5 Å². The van der Waals surface area contributed by atoms with Crippen LogP contribution in [0.1, 0.15) is 99.8 Å². The SMILES string of the molecule is COC(=O)[C@]12CCC(C)(C)C[C-]1C1=CCC3[C@@]4(C)C=CC(=O)C(C)(C)[C@]4(I)CC[C@@]3(C)[C@]1(C)CC2.[Li+]. The summed E-state index contributed by atoms with van der Waals surface area (Å²) in [6.07, 6.45) is 14.8. The van der Waals surface area contributed by atoms with Crippen molar-refractivity contribution in [2.24, 2.45) is 38.4 Å². The molecule has 0 aromatic carbocycles. The van der Waals surface area contributed by atoms with Gasteiger partial charge in [-0.1, -0.05) is 90.0 Å². The average molecular weight is 599 g/mol. The van der Waals surface area contributed by atoms with Crippen molar-refractivity contribution in [1.82, 2.24) is 0 Å². The molecule has 0 bridgehead atoms. The van der Waals surface area contributed by atoms with Crippen molar-refractivity contribution >= 4 is 34.3 Å². The Bertz CT molecular complexity index is 1040. The van der Waals surface area contributed by atoms with Crippen molar-refractivity contribution in [3.63, 3.8) is 0 Å². The Morgan fingerprint density at radius 2 is 1.64 bits per heavy atom. The third kappa shape index (κ3) is 3.25. The number of methoxy groups -OCH3 is 1. The monoisotopic (exact) mass is 598 g/mol. The van der Waals surface area contributed by atoms with Gasteiger partial charge in [-0.05, 0) is 66.8 Å². The number of carbonyl (C=O) groups is 2. The van der Waals surface area contributed by atoms with Crippen LogP contribution >= 0.6 is 22.6 Å². The molecule has 0 saturated heterocycles. The summed E-state index contributed by atoms with van der Waals surface area (Å²) in [6, 6.07) is 0. The summed E-state index contributed by atoms with van der Waals surface area (Å²) in [5, 5.41) is 0. The zero-order valence-corrected chi connectivity index (χ0v) is 26.2. The number of hydrogen-bond donors (Lipinski definition) is 0. The Kier molecular flexibility index (Phi) is 6.73. The fourth-order valence-electron chi connectivity index (χ4n) is 9.56. The van der Waals surface area contributed by atoms with Crippen LogP contribution in [0.25, 0.3) is 0 Å². The van der Waals surface area contributed by atoms with E-state index in [-0.39, 0.29) is 61.1 Å². The van der Waals surface area contributed by atoms with Gasteiger partial charge in [-0.25, -0.2) is 11.6 Å². The second kappa shape index (κ2) is 8.41. The summed E-state index contributed by atoms with van der Waals surface area (Å²) in [6.45, 7) is 16.5. The molecule has 3 saturated carbocycles. The smallest absolute Gasteiger partial charge is 0.469 e. The number of esters is 1. The molecule has 5 rings (SSSR count). The Morgan fingerprint density at radius 3 is 2.28 bits per heavy atom. The van der Waals surface area contributed by atoms with Crippen molar-refractivity contribution in [1.29, 1.82) is 0 Å². The van der Waals surface area contributed by atoms with Gasteiger partial charge in [0, 0.05) is 19.7 Å². The van der Waals surface area contributed by atoms with Gasteiger partial charge in [0.15, 0.2) is 5.78 Å². The topological polar surface area (TPSA) is 43.4 Å². The van der Waals surface area contributed by atoms with Crippen LogP contribution in [0, 0.1) is 44.3 Å². The number of halogens is 1. The molecule has 3 fully saturated rings. The number of rotatable bonds is 1. The first-order valence-corrected chi connectivity index (χ1v) is 14.7. The quantitative estimate of drug-likeness (QED) is 0.143. The molecule has 0 heterocycles. The van der Waals surface area contributed by atoms with Gasteiger partial charge in [0.25, 0.3) is 5.97 Å². The maximum absolute atomic E-state index is 13.3. The van der Waals surface area contributed by atoms with Gasteiger partial charge in [-0.2, -0.15) is 5.92 Å². The number of hydrogen-bond acceptors (Lipinski definition) is 3. The van der Waals surface area contributed by atoms with E-state index in [1.807, 2.05) is 6.08 Å². The predicted molar refractivity (Wildman–Crippen MR) is 149 cm³/mol. The Labute approximate surface area is 244 Å². The van der Waals surface area contributed by atoms with Crippen molar-refractivity contribution in [2.45, 2.75) is 103 Å². The first kappa shape index (κ1) is 28.8. The van der Waals surface area contributed by atoms with Crippen molar-refractivity contribution in [2.75, 3.05) is 7.11 Å². The molecular weight excluding hydrogens is 554 g/mol. The van der Waals surface area contributed by atoms with Crippen LogP contribution < -0.4 is 18.9 Å². The Balaban J connectivity index is 0.00000304. The number of alkyl halides is 1. The molecule has 5 aliphatic carbocycles. The number of fused-ring (bicyclic) bond motifs is 7. The second-order valence-corrected chi connectivity index (χ2v) is 16.3. The molecular formula is C31H44ILiO3. The zero-order chi connectivity index (χ0) is 25.9. The van der Waals surface area contributed by atoms with Crippen LogP contribution in [0.15, 0.2) is 23.8 Å². The predicted octanol–water partition coefficient (Wildman–Crippen LogP) is 4.83. The minimum absolute atomic E-state index is 0. The normalized spacial score (nSPS) is 46.2. The standard InChI is InChI=1S/C31H44IO3.Li/c1-25(2)13-16-30(24(34)35-8)17-14-27(5)20(21(30)19-25)9-10-22-28(27,6)15-18-31(32)26(3,4)23(33)11-12-29(22,31)7;/h9,11-12,22H,10,13-19H2,1-8H3;/q-1;+1/t22?,27-,28-,29-,30+,31-;/m1./s1. The van der Waals surface area contributed by atoms with Gasteiger partial charge in [0.2, 0.25) is 0 Å². The number of carbonyl (C=O) groups excluding carboxylic acids is 2. The van der Waals surface area contributed by atoms with Gasteiger partial charge in [0.05, 0.1) is 7.11 Å². The molecule has 5 heteroatoms. The maximum Gasteiger partial charge on any atom is 1.00 e. The van der Waals surface area contributed by atoms with Crippen molar-refractivity contribution in [3.8, 4) is 0 Å². The second-order valence-electron chi connectivity index (χ2n) is 14.5. The minimum Gasteiger partial charge on any atom is -0.469 e. The van der Waals surface area contributed by atoms with E-state index in [9.17, 15) is 9.59 Å². The molecule has 0 N–H and O–H groups in total. The van der Waals surface area contributed by atoms with E-state index in [0.717, 1.165) is 51.4 Å². The van der Waals surface area contributed by atoms with Crippen LogP contribution in [-0.4, -0.2) is 22.3 Å². The van der Waals surface area contributed by atoms with Crippen molar-refractivity contribution < 1.29 is 33.2 Å². The first-order chi connectivity index (χ1) is 16.0. The fourth-order valence-corrected chi connectivity index (χ4v) is 10.7. The molecule has 0 radical (unpaired) electrons. The van der Waals surface area contributed by atoms with Crippen LogP contribution in [0.4, 0.5) is 0 Å². The summed E-state index contributed by atoms with van der Waals surface area (Å²) >= 11 is 2.68. The minimum atomic E-state index is -0.441. The van der Waals surface area contributed by atoms with Crippen LogP contribution in [-0.2, 0) is 14.3 Å². The van der Waals surface area contributed by atoms with E-state index >= 15 is 0 Å². The summed E-state index contributed by atoms with van der Waals surface area (Å²) < 4.78 is 5.37. The van der Waals surface area contributed by atoms with Gasteiger partial charge < -0.3 is 4.74 Å². The van der Waals surface area contributed by atoms with E-state index in [2.05, 4.69) is 83.2 Å². The fraction of sp³-hybridized carbons (Fsp3) is 0.774. The van der Waals surface area contributed by atoms with Gasteiger partial charge >= 0.3 is 18.9 Å². The van der Waals surface area contributed by atoms with Gasteiger partial charge in [0.1, 0.15) is 0 Å². The first-order valence-electron chi connectivity index (χ1n) is 13.6. The summed E-state index contributed by atoms with van der Waals surface area (Å²) in [4.78, 5) is 26.4. The molecule has 0 amide bonds. The van der Waals surface area contributed by atoms with E-state index in [1.54, 1.807) is 7.11 Å².